The highest BCUT2D eigenvalue weighted by Gasteiger charge is 2.32. The molecule has 33 heavy (non-hydrogen) atoms. The topological polar surface area (TPSA) is 112 Å². The third kappa shape index (κ3) is 6.94. The number of carbonyl (C=O) groups excluding carboxylic acids is 3. The van der Waals surface area contributed by atoms with E-state index in [1.54, 1.807) is 48.5 Å². The highest BCUT2D eigenvalue weighted by molar-refractivity contribution is 5.81. The van der Waals surface area contributed by atoms with E-state index >= 15 is 0 Å². The molecular formula is C25H23NO7. The number of esters is 3. The molecular weight excluding hydrogens is 426 g/mol. The van der Waals surface area contributed by atoms with Gasteiger partial charge in [-0.05, 0) is 74.2 Å². The summed E-state index contributed by atoms with van der Waals surface area (Å²) in [6, 6.07) is 14.7. The minimum atomic E-state index is -0.585. The molecule has 0 aromatic heterocycles. The van der Waals surface area contributed by atoms with Gasteiger partial charge in [-0.15, -0.1) is 0 Å². The summed E-state index contributed by atoms with van der Waals surface area (Å²) >= 11 is 0. The van der Waals surface area contributed by atoms with Crippen molar-refractivity contribution in [1.29, 1.82) is 5.26 Å². The van der Waals surface area contributed by atoms with Crippen LogP contribution in [0.5, 0.6) is 17.2 Å². The Kier molecular flexibility index (Phi) is 8.19. The van der Waals surface area contributed by atoms with Crippen molar-refractivity contribution in [3.8, 4) is 23.3 Å². The van der Waals surface area contributed by atoms with Gasteiger partial charge in [-0.3, -0.25) is 9.59 Å². The Labute approximate surface area is 191 Å². The lowest BCUT2D eigenvalue weighted by molar-refractivity contribution is -0.145. The molecule has 8 nitrogen and oxygen atoms in total. The summed E-state index contributed by atoms with van der Waals surface area (Å²) in [6.07, 6.45) is 3.16. The monoisotopic (exact) mass is 449 g/mol. The number of carbonyl (C=O) groups is 3. The molecule has 0 unspecified atom stereocenters. The zero-order valence-electron chi connectivity index (χ0n) is 17.9. The number of rotatable bonds is 8. The fourth-order valence-corrected chi connectivity index (χ4v) is 3.38. The van der Waals surface area contributed by atoms with Gasteiger partial charge in [0.15, 0.2) is 0 Å². The molecule has 1 aliphatic carbocycles. The van der Waals surface area contributed by atoms with Crippen LogP contribution in [-0.4, -0.2) is 24.7 Å². The summed E-state index contributed by atoms with van der Waals surface area (Å²) < 4.78 is 20.8. The fraction of sp³-hybridized carbons (Fsp3) is 0.280. The van der Waals surface area contributed by atoms with Gasteiger partial charge in [0.2, 0.25) is 6.79 Å². The number of hydrogen-bond donors (Lipinski definition) is 0. The second-order valence-corrected chi connectivity index (χ2v) is 7.43. The number of hydrogen-bond acceptors (Lipinski definition) is 8. The zero-order valence-corrected chi connectivity index (χ0v) is 17.9. The molecule has 0 atom stereocenters. The van der Waals surface area contributed by atoms with E-state index in [9.17, 15) is 14.4 Å². The fourth-order valence-electron chi connectivity index (χ4n) is 3.38. The van der Waals surface area contributed by atoms with Crippen LogP contribution in [0.25, 0.3) is 0 Å². The number of nitriles is 1. The van der Waals surface area contributed by atoms with Gasteiger partial charge in [0.25, 0.3) is 0 Å². The van der Waals surface area contributed by atoms with Crippen LogP contribution in [0.2, 0.25) is 0 Å². The van der Waals surface area contributed by atoms with Crippen molar-refractivity contribution in [3.63, 3.8) is 0 Å². The maximum Gasteiger partial charge on any atom is 0.333 e. The van der Waals surface area contributed by atoms with E-state index < -0.39 is 5.97 Å². The largest absolute Gasteiger partial charge is 0.457 e. The summed E-state index contributed by atoms with van der Waals surface area (Å²) in [4.78, 5) is 35.9. The first-order valence-corrected chi connectivity index (χ1v) is 10.4. The van der Waals surface area contributed by atoms with Crippen LogP contribution in [0.3, 0.4) is 0 Å². The maximum atomic E-state index is 12.5. The molecule has 0 aliphatic heterocycles. The second-order valence-electron chi connectivity index (χ2n) is 7.43. The highest BCUT2D eigenvalue weighted by Crippen LogP contribution is 2.31. The lowest BCUT2D eigenvalue weighted by Crippen LogP contribution is -2.30. The van der Waals surface area contributed by atoms with Crippen LogP contribution in [0.15, 0.2) is 61.2 Å². The predicted octanol–water partition coefficient (Wildman–Crippen LogP) is 3.94. The van der Waals surface area contributed by atoms with Gasteiger partial charge in [0, 0.05) is 6.08 Å². The molecule has 1 saturated carbocycles. The molecule has 170 valence electrons. The average Bonchev–Trinajstić information content (AvgIpc) is 2.85. The van der Waals surface area contributed by atoms with E-state index in [2.05, 4.69) is 6.58 Å². The van der Waals surface area contributed by atoms with Gasteiger partial charge < -0.3 is 18.9 Å². The Morgan fingerprint density at radius 2 is 1.30 bits per heavy atom. The lowest BCUT2D eigenvalue weighted by atomic mass is 9.82. The van der Waals surface area contributed by atoms with Crippen LogP contribution in [0.4, 0.5) is 0 Å². The molecule has 8 heteroatoms. The maximum absolute atomic E-state index is 12.5. The summed E-state index contributed by atoms with van der Waals surface area (Å²) in [5, 5.41) is 8.83. The van der Waals surface area contributed by atoms with Crippen molar-refractivity contribution >= 4 is 17.9 Å². The van der Waals surface area contributed by atoms with Crippen molar-refractivity contribution < 1.29 is 33.3 Å². The Bertz CT molecular complexity index is 1030. The van der Waals surface area contributed by atoms with Crippen LogP contribution in [0, 0.1) is 23.2 Å². The van der Waals surface area contributed by atoms with Crippen molar-refractivity contribution in [3.05, 3.63) is 66.7 Å². The third-order valence-electron chi connectivity index (χ3n) is 5.23. The molecule has 0 bridgehead atoms. The first kappa shape index (κ1) is 23.5. The quantitative estimate of drug-likeness (QED) is 0.258. The molecule has 3 rings (SSSR count). The highest BCUT2D eigenvalue weighted by atomic mass is 16.7. The van der Waals surface area contributed by atoms with Gasteiger partial charge in [-0.1, -0.05) is 6.58 Å². The minimum absolute atomic E-state index is 0.249. The normalized spacial score (nSPS) is 17.2. The van der Waals surface area contributed by atoms with Crippen LogP contribution in [0.1, 0.15) is 31.2 Å². The summed E-state index contributed by atoms with van der Waals surface area (Å²) in [5.74, 6) is -0.617. The molecule has 1 aliphatic rings. The first-order chi connectivity index (χ1) is 16.0. The molecule has 0 spiro atoms. The van der Waals surface area contributed by atoms with Crippen molar-refractivity contribution in [2.75, 3.05) is 6.79 Å². The van der Waals surface area contributed by atoms with E-state index in [0.29, 0.717) is 48.5 Å². The van der Waals surface area contributed by atoms with Crippen molar-refractivity contribution in [2.24, 2.45) is 11.8 Å². The van der Waals surface area contributed by atoms with Gasteiger partial charge >= 0.3 is 17.9 Å². The third-order valence-corrected chi connectivity index (χ3v) is 5.23. The van der Waals surface area contributed by atoms with E-state index in [-0.39, 0.29) is 30.6 Å². The summed E-state index contributed by atoms with van der Waals surface area (Å²) in [6.45, 7) is 3.04. The van der Waals surface area contributed by atoms with Crippen LogP contribution < -0.4 is 14.2 Å². The van der Waals surface area contributed by atoms with Crippen molar-refractivity contribution in [1.82, 2.24) is 0 Å². The molecule has 0 heterocycles. The summed E-state index contributed by atoms with van der Waals surface area (Å²) in [5.41, 5.74) is 0.491. The van der Waals surface area contributed by atoms with Crippen molar-refractivity contribution in [2.45, 2.75) is 25.7 Å². The molecule has 0 amide bonds. The lowest BCUT2D eigenvalue weighted by Gasteiger charge is -2.25. The molecule has 0 N–H and O–H groups in total. The molecule has 0 radical (unpaired) electrons. The SMILES string of the molecule is C=CC(=O)OCOc1ccc(OC(=O)[C@H]2CC[C@H](C(=O)Oc3ccc(C#N)cc3)CC2)cc1. The number of nitrogens with zero attached hydrogens (tertiary/aromatic N) is 1. The smallest absolute Gasteiger partial charge is 0.333 e. The van der Waals surface area contributed by atoms with Gasteiger partial charge in [-0.2, -0.15) is 5.26 Å². The Hall–Kier alpha value is -4.12. The summed E-state index contributed by atoms with van der Waals surface area (Å²) in [7, 11) is 0. The standard InChI is InChI=1S/C25H23NO7/c1-2-23(27)31-16-30-20-11-13-22(14-12-20)33-25(29)19-7-5-18(6-8-19)24(28)32-21-9-3-17(15-26)4-10-21/h2-4,9-14,18-19H,1,5-8,16H2/t18-,19-. The van der Waals surface area contributed by atoms with E-state index in [1.807, 2.05) is 6.07 Å². The average molecular weight is 449 g/mol. The van der Waals surface area contributed by atoms with E-state index in [0.717, 1.165) is 6.08 Å². The minimum Gasteiger partial charge on any atom is -0.457 e. The van der Waals surface area contributed by atoms with Gasteiger partial charge in [-0.25, -0.2) is 4.79 Å². The Balaban J connectivity index is 1.42. The molecule has 2 aromatic carbocycles. The molecule has 0 saturated heterocycles. The van der Waals surface area contributed by atoms with E-state index in [4.69, 9.17) is 24.2 Å². The molecule has 2 aromatic rings. The van der Waals surface area contributed by atoms with Gasteiger partial charge in [0.1, 0.15) is 17.2 Å². The van der Waals surface area contributed by atoms with Crippen LogP contribution >= 0.6 is 0 Å². The van der Waals surface area contributed by atoms with Crippen LogP contribution in [-0.2, 0) is 19.1 Å². The predicted molar refractivity (Wildman–Crippen MR) is 116 cm³/mol. The molecule has 1 fully saturated rings. The van der Waals surface area contributed by atoms with Gasteiger partial charge in [0.05, 0.1) is 23.5 Å². The van der Waals surface area contributed by atoms with E-state index in [1.165, 1.54) is 0 Å². The Morgan fingerprint density at radius 1 is 0.848 bits per heavy atom. The number of ether oxygens (including phenoxy) is 4. The second kappa shape index (κ2) is 11.5. The first-order valence-electron chi connectivity index (χ1n) is 10.4. The number of benzene rings is 2. The Morgan fingerprint density at radius 3 is 1.76 bits per heavy atom. The zero-order chi connectivity index (χ0) is 23.6.